The zero-order valence-corrected chi connectivity index (χ0v) is 15.1. The summed E-state index contributed by atoms with van der Waals surface area (Å²) in [5.74, 6) is 0.247. The maximum absolute atomic E-state index is 12.2. The molecule has 0 unspecified atom stereocenters. The molecule has 0 saturated heterocycles. The van der Waals surface area contributed by atoms with Crippen molar-refractivity contribution in [3.8, 4) is 5.75 Å². The molecule has 1 N–H and O–H groups in total. The molecule has 0 radical (unpaired) electrons. The van der Waals surface area contributed by atoms with Crippen LogP contribution >= 0.6 is 0 Å². The van der Waals surface area contributed by atoms with Gasteiger partial charge in [0.05, 0.1) is 25.1 Å². The predicted octanol–water partition coefficient (Wildman–Crippen LogP) is 2.28. The van der Waals surface area contributed by atoms with Crippen molar-refractivity contribution in [2.45, 2.75) is 6.92 Å². The Morgan fingerprint density at radius 1 is 1.08 bits per heavy atom. The van der Waals surface area contributed by atoms with Crippen LogP contribution in [0.2, 0.25) is 0 Å². The van der Waals surface area contributed by atoms with Gasteiger partial charge in [0.15, 0.2) is 0 Å². The second kappa shape index (κ2) is 8.53. The Kier molecular flexibility index (Phi) is 6.41. The number of hydrogen-bond donors (Lipinski definition) is 1. The van der Waals surface area contributed by atoms with Crippen LogP contribution < -0.4 is 14.4 Å². The number of sulfonamides is 1. The summed E-state index contributed by atoms with van der Waals surface area (Å²) in [4.78, 5) is 12.1. The minimum absolute atomic E-state index is 0.113. The van der Waals surface area contributed by atoms with Crippen LogP contribution in [-0.2, 0) is 10.0 Å². The smallest absolute Gasteiger partial charge is 0.251 e. The van der Waals surface area contributed by atoms with E-state index in [1.54, 1.807) is 48.5 Å². The van der Waals surface area contributed by atoms with E-state index in [-0.39, 0.29) is 19.0 Å². The van der Waals surface area contributed by atoms with Crippen LogP contribution in [-0.4, -0.2) is 40.3 Å². The number of ether oxygens (including phenoxy) is 1. The minimum atomic E-state index is -3.52. The fourth-order valence-corrected chi connectivity index (χ4v) is 3.30. The number of hydrogen-bond acceptors (Lipinski definition) is 4. The van der Waals surface area contributed by atoms with E-state index in [1.165, 1.54) is 4.31 Å². The van der Waals surface area contributed by atoms with Gasteiger partial charge in [-0.15, -0.1) is 0 Å². The summed E-state index contributed by atoms with van der Waals surface area (Å²) < 4.78 is 31.1. The van der Waals surface area contributed by atoms with E-state index >= 15 is 0 Å². The summed E-state index contributed by atoms with van der Waals surface area (Å²) in [7, 11) is -3.52. The first-order valence-corrected chi connectivity index (χ1v) is 9.81. The first-order chi connectivity index (χ1) is 11.9. The molecule has 0 aliphatic carbocycles. The van der Waals surface area contributed by atoms with Crippen LogP contribution in [0.25, 0.3) is 0 Å². The Bertz CT molecular complexity index is 807. The van der Waals surface area contributed by atoms with Gasteiger partial charge in [0.2, 0.25) is 10.0 Å². The Morgan fingerprint density at radius 3 is 2.36 bits per heavy atom. The number of benzene rings is 2. The third-order valence-electron chi connectivity index (χ3n) is 3.47. The fourth-order valence-electron chi connectivity index (χ4n) is 2.37. The summed E-state index contributed by atoms with van der Waals surface area (Å²) >= 11 is 0. The van der Waals surface area contributed by atoms with Gasteiger partial charge in [-0.05, 0) is 31.2 Å². The van der Waals surface area contributed by atoms with Crippen LogP contribution in [0.1, 0.15) is 17.3 Å². The summed E-state index contributed by atoms with van der Waals surface area (Å²) in [6.07, 6.45) is 1.13. The van der Waals surface area contributed by atoms with E-state index < -0.39 is 10.0 Å². The highest BCUT2D eigenvalue weighted by Crippen LogP contribution is 2.29. The molecular weight excluding hydrogens is 340 g/mol. The molecule has 0 aliphatic rings. The summed E-state index contributed by atoms with van der Waals surface area (Å²) in [5.41, 5.74) is 0.990. The normalized spacial score (nSPS) is 11.0. The molecule has 0 saturated carbocycles. The molecular formula is C18H22N2O4S. The van der Waals surface area contributed by atoms with Crippen LogP contribution in [0, 0.1) is 0 Å². The minimum Gasteiger partial charge on any atom is -0.492 e. The molecule has 2 rings (SSSR count). The van der Waals surface area contributed by atoms with Gasteiger partial charge < -0.3 is 10.1 Å². The highest BCUT2D eigenvalue weighted by molar-refractivity contribution is 7.92. The lowest BCUT2D eigenvalue weighted by Gasteiger charge is -2.24. The van der Waals surface area contributed by atoms with E-state index in [9.17, 15) is 13.2 Å². The molecule has 0 aliphatic heterocycles. The average Bonchev–Trinajstić information content (AvgIpc) is 2.59. The Labute approximate surface area is 148 Å². The fraction of sp³-hybridized carbons (Fsp3) is 0.278. The molecule has 0 spiro atoms. The highest BCUT2D eigenvalue weighted by Gasteiger charge is 2.21. The molecule has 134 valence electrons. The molecule has 2 aromatic rings. The Morgan fingerprint density at radius 2 is 1.72 bits per heavy atom. The van der Waals surface area contributed by atoms with Crippen molar-refractivity contribution in [2.24, 2.45) is 0 Å². The summed E-state index contributed by atoms with van der Waals surface area (Å²) in [6, 6.07) is 15.7. The largest absolute Gasteiger partial charge is 0.492 e. The number of carbonyl (C=O) groups excluding carboxylic acids is 1. The SMILES string of the molecule is CCOc1ccccc1N(CCNC(=O)c1ccccc1)S(C)(=O)=O. The summed E-state index contributed by atoms with van der Waals surface area (Å²) in [6.45, 7) is 2.56. The van der Waals surface area contributed by atoms with Crippen molar-refractivity contribution >= 4 is 21.6 Å². The molecule has 0 aromatic heterocycles. The lowest BCUT2D eigenvalue weighted by atomic mass is 10.2. The second-order valence-corrected chi connectivity index (χ2v) is 7.26. The molecule has 2 aromatic carbocycles. The maximum atomic E-state index is 12.2. The lowest BCUT2D eigenvalue weighted by Crippen LogP contribution is -2.38. The molecule has 7 heteroatoms. The van der Waals surface area contributed by atoms with E-state index in [1.807, 2.05) is 13.0 Å². The maximum Gasteiger partial charge on any atom is 0.251 e. The highest BCUT2D eigenvalue weighted by atomic mass is 32.2. The second-order valence-electron chi connectivity index (χ2n) is 5.36. The lowest BCUT2D eigenvalue weighted by molar-refractivity contribution is 0.0955. The zero-order valence-electron chi connectivity index (χ0n) is 14.3. The standard InChI is InChI=1S/C18H22N2O4S/c1-3-24-17-12-8-7-11-16(17)20(25(2,22)23)14-13-19-18(21)15-9-5-4-6-10-15/h4-12H,3,13-14H2,1-2H3,(H,19,21). The van der Waals surface area contributed by atoms with Gasteiger partial charge >= 0.3 is 0 Å². The Balaban J connectivity index is 2.11. The number of carbonyl (C=O) groups is 1. The molecule has 0 fully saturated rings. The van der Waals surface area contributed by atoms with Gasteiger partial charge in [-0.3, -0.25) is 9.10 Å². The number of anilines is 1. The van der Waals surface area contributed by atoms with E-state index in [0.717, 1.165) is 6.26 Å². The van der Waals surface area contributed by atoms with Crippen LogP contribution in [0.5, 0.6) is 5.75 Å². The third-order valence-corrected chi connectivity index (χ3v) is 4.65. The van der Waals surface area contributed by atoms with E-state index in [4.69, 9.17) is 4.74 Å². The Hall–Kier alpha value is -2.54. The number of para-hydroxylation sites is 2. The quantitative estimate of drug-likeness (QED) is 0.782. The molecule has 25 heavy (non-hydrogen) atoms. The first-order valence-electron chi connectivity index (χ1n) is 7.96. The molecule has 0 heterocycles. The predicted molar refractivity (Wildman–Crippen MR) is 98.6 cm³/mol. The van der Waals surface area contributed by atoms with Crippen LogP contribution in [0.3, 0.4) is 0 Å². The van der Waals surface area contributed by atoms with Gasteiger partial charge in [0.25, 0.3) is 5.91 Å². The number of nitrogens with one attached hydrogen (secondary N) is 1. The van der Waals surface area contributed by atoms with Crippen molar-refractivity contribution in [2.75, 3.05) is 30.3 Å². The van der Waals surface area contributed by atoms with E-state index in [2.05, 4.69) is 5.32 Å². The zero-order chi connectivity index (χ0) is 18.3. The van der Waals surface area contributed by atoms with Crippen LogP contribution in [0.15, 0.2) is 54.6 Å². The number of amides is 1. The first kappa shape index (κ1) is 18.8. The van der Waals surface area contributed by atoms with Crippen molar-refractivity contribution in [3.05, 3.63) is 60.2 Å². The molecule has 6 nitrogen and oxygen atoms in total. The average molecular weight is 362 g/mol. The molecule has 0 atom stereocenters. The van der Waals surface area contributed by atoms with Crippen molar-refractivity contribution < 1.29 is 17.9 Å². The monoisotopic (exact) mass is 362 g/mol. The molecule has 0 bridgehead atoms. The third kappa shape index (κ3) is 5.22. The molecule has 1 amide bonds. The van der Waals surface area contributed by atoms with Crippen molar-refractivity contribution in [1.82, 2.24) is 5.32 Å². The summed E-state index contributed by atoms with van der Waals surface area (Å²) in [5, 5.41) is 2.74. The van der Waals surface area contributed by atoms with Gasteiger partial charge in [-0.2, -0.15) is 0 Å². The topological polar surface area (TPSA) is 75.7 Å². The van der Waals surface area contributed by atoms with Gasteiger partial charge in [-0.25, -0.2) is 8.42 Å². The number of rotatable bonds is 8. The van der Waals surface area contributed by atoms with Crippen molar-refractivity contribution in [3.63, 3.8) is 0 Å². The van der Waals surface area contributed by atoms with E-state index in [0.29, 0.717) is 23.6 Å². The van der Waals surface area contributed by atoms with Gasteiger partial charge in [0, 0.05) is 12.1 Å². The van der Waals surface area contributed by atoms with Gasteiger partial charge in [0.1, 0.15) is 5.75 Å². The number of nitrogens with zero attached hydrogens (tertiary/aromatic N) is 1. The van der Waals surface area contributed by atoms with Gasteiger partial charge in [-0.1, -0.05) is 30.3 Å². The van der Waals surface area contributed by atoms with Crippen molar-refractivity contribution in [1.29, 1.82) is 0 Å². The van der Waals surface area contributed by atoms with Crippen LogP contribution in [0.4, 0.5) is 5.69 Å².